The van der Waals surface area contributed by atoms with Crippen molar-refractivity contribution in [3.63, 3.8) is 0 Å². The van der Waals surface area contributed by atoms with Crippen LogP contribution in [0.25, 0.3) is 86.9 Å². The zero-order valence-electron chi connectivity index (χ0n) is 44.8. The molecule has 1 aromatic heterocycles. The molecule has 13 aromatic carbocycles. The van der Waals surface area contributed by atoms with E-state index >= 15 is 0 Å². The summed E-state index contributed by atoms with van der Waals surface area (Å²) in [4.78, 5) is 4.98. The molecule has 16 rings (SSSR count). The van der Waals surface area contributed by atoms with Crippen LogP contribution in [0.1, 0.15) is 22.3 Å². The number of hydrogen-bond acceptors (Lipinski definition) is 3. The Kier molecular flexibility index (Phi) is 11.3. The molecule has 1 spiro atoms. The number of thiophene rings is 1. The molecule has 1 atom stereocenters. The maximum Gasteiger partial charge on any atom is 0.0727 e. The molecule has 82 heavy (non-hydrogen) atoms. The number of rotatable bonds is 10. The highest BCUT2D eigenvalue weighted by molar-refractivity contribution is 7.25. The fraction of sp³-hybridized carbons (Fsp3) is 0.0127. The Morgan fingerprint density at radius 3 is 1.06 bits per heavy atom. The minimum atomic E-state index is -0.705. The van der Waals surface area contributed by atoms with Crippen LogP contribution in [-0.2, 0) is 5.41 Å². The third kappa shape index (κ3) is 7.62. The number of benzene rings is 13. The van der Waals surface area contributed by atoms with Gasteiger partial charge in [0.15, 0.2) is 0 Å². The van der Waals surface area contributed by atoms with Gasteiger partial charge in [0.1, 0.15) is 0 Å². The van der Waals surface area contributed by atoms with Crippen molar-refractivity contribution in [3.8, 4) is 66.8 Å². The number of anilines is 6. The van der Waals surface area contributed by atoms with Crippen molar-refractivity contribution >= 4 is 65.6 Å². The van der Waals surface area contributed by atoms with Gasteiger partial charge < -0.3 is 9.80 Å². The lowest BCUT2D eigenvalue weighted by atomic mass is 9.70. The van der Waals surface area contributed by atoms with Crippen LogP contribution in [0.15, 0.2) is 315 Å². The van der Waals surface area contributed by atoms with Crippen LogP contribution in [0.3, 0.4) is 0 Å². The lowest BCUT2D eigenvalue weighted by molar-refractivity contribution is 0.793. The van der Waals surface area contributed by atoms with Gasteiger partial charge in [0, 0.05) is 54.0 Å². The topological polar surface area (TPSA) is 6.48 Å². The molecular formula is C79H52N2S. The molecule has 0 saturated carbocycles. The van der Waals surface area contributed by atoms with Crippen molar-refractivity contribution in [2.24, 2.45) is 0 Å². The van der Waals surface area contributed by atoms with Crippen molar-refractivity contribution in [2.45, 2.75) is 5.41 Å². The lowest BCUT2D eigenvalue weighted by Crippen LogP contribution is -2.27. The van der Waals surface area contributed by atoms with Crippen LogP contribution in [0.4, 0.5) is 34.1 Å². The first kappa shape index (κ1) is 47.7. The molecule has 2 aliphatic carbocycles. The molecule has 0 unspecified atom stereocenters. The molecule has 0 saturated heterocycles. The van der Waals surface area contributed by atoms with Gasteiger partial charge in [-0.05, 0) is 157 Å². The molecular weight excluding hydrogens is 1010 g/mol. The molecule has 0 N–H and O–H groups in total. The molecule has 2 aliphatic rings. The number of para-hydroxylation sites is 3. The van der Waals surface area contributed by atoms with Crippen molar-refractivity contribution in [1.82, 2.24) is 0 Å². The average molecular weight is 1060 g/mol. The maximum absolute atomic E-state index is 2.58. The van der Waals surface area contributed by atoms with Gasteiger partial charge in [0.2, 0.25) is 0 Å². The third-order valence-electron chi connectivity index (χ3n) is 17.1. The van der Waals surface area contributed by atoms with E-state index in [1.165, 1.54) is 86.9 Å². The van der Waals surface area contributed by atoms with E-state index in [0.29, 0.717) is 0 Å². The van der Waals surface area contributed by atoms with Gasteiger partial charge in [0.05, 0.1) is 16.8 Å². The zero-order chi connectivity index (χ0) is 54.1. The largest absolute Gasteiger partial charge is 0.310 e. The van der Waals surface area contributed by atoms with E-state index in [0.717, 1.165) is 56.4 Å². The number of nitrogens with zero attached hydrogens (tertiary/aromatic N) is 2. The summed E-state index contributed by atoms with van der Waals surface area (Å²) >= 11 is 1.86. The Hall–Kier alpha value is -10.3. The molecule has 1 heterocycles. The van der Waals surface area contributed by atoms with Crippen LogP contribution < -0.4 is 9.80 Å². The monoisotopic (exact) mass is 1060 g/mol. The first-order valence-electron chi connectivity index (χ1n) is 28.2. The highest BCUT2D eigenvalue weighted by atomic mass is 32.1. The summed E-state index contributed by atoms with van der Waals surface area (Å²) in [6.45, 7) is 0. The van der Waals surface area contributed by atoms with Crippen LogP contribution in [0.5, 0.6) is 0 Å². The Morgan fingerprint density at radius 2 is 0.585 bits per heavy atom. The third-order valence-corrected chi connectivity index (χ3v) is 18.2. The standard InChI is InChI=1S/C79H52N2S/c1-6-22-53(23-7-1)55-38-42-57(43-39-55)67-49-69-63-32-16-19-35-71(63)79(73(69)51-75(67)80(59-26-10-3-11-27-59)60-28-12-4-13-29-60)72-36-20-17-33-64(72)70-50-68(58-44-40-56(41-45-58)54-24-8-2-9-25-54)76(52-74(70)79)81(61-30-14-5-15-31-61)62-46-47-66-65-34-18-21-37-77(65)82-78(66)48-62/h1-52H/t79-/m1/s1. The summed E-state index contributed by atoms with van der Waals surface area (Å²) in [5.41, 5.74) is 25.4. The van der Waals surface area contributed by atoms with Gasteiger partial charge in [-0.1, -0.05) is 237 Å². The first-order valence-corrected chi connectivity index (χ1v) is 29.0. The van der Waals surface area contributed by atoms with Gasteiger partial charge in [-0.2, -0.15) is 0 Å². The van der Waals surface area contributed by atoms with Gasteiger partial charge in [0.25, 0.3) is 0 Å². The van der Waals surface area contributed by atoms with Gasteiger partial charge >= 0.3 is 0 Å². The van der Waals surface area contributed by atoms with Crippen LogP contribution >= 0.6 is 11.3 Å². The molecule has 0 amide bonds. The van der Waals surface area contributed by atoms with Crippen LogP contribution in [-0.4, -0.2) is 0 Å². The normalized spacial score (nSPS) is 13.7. The van der Waals surface area contributed by atoms with E-state index in [2.05, 4.69) is 325 Å². The van der Waals surface area contributed by atoms with Crippen molar-refractivity contribution in [1.29, 1.82) is 0 Å². The Labute approximate surface area is 482 Å². The molecule has 3 heteroatoms. The van der Waals surface area contributed by atoms with Crippen LogP contribution in [0.2, 0.25) is 0 Å². The van der Waals surface area contributed by atoms with E-state index < -0.39 is 5.41 Å². The molecule has 0 radical (unpaired) electrons. The van der Waals surface area contributed by atoms with Gasteiger partial charge in [-0.25, -0.2) is 0 Å². The summed E-state index contributed by atoms with van der Waals surface area (Å²) in [5.74, 6) is 0. The zero-order valence-corrected chi connectivity index (χ0v) is 45.6. The van der Waals surface area contributed by atoms with Crippen molar-refractivity contribution in [2.75, 3.05) is 9.80 Å². The first-order chi connectivity index (χ1) is 40.7. The van der Waals surface area contributed by atoms with Crippen molar-refractivity contribution in [3.05, 3.63) is 338 Å². The highest BCUT2D eigenvalue weighted by Gasteiger charge is 2.53. The van der Waals surface area contributed by atoms with E-state index in [4.69, 9.17) is 0 Å². The number of fused-ring (bicyclic) bond motifs is 13. The second-order valence-corrected chi connectivity index (χ2v) is 22.6. The second-order valence-electron chi connectivity index (χ2n) is 21.5. The lowest BCUT2D eigenvalue weighted by Gasteiger charge is -2.35. The predicted molar refractivity (Wildman–Crippen MR) is 347 cm³/mol. The van der Waals surface area contributed by atoms with E-state index in [-0.39, 0.29) is 0 Å². The quantitative estimate of drug-likeness (QED) is 0.135. The smallest absolute Gasteiger partial charge is 0.0727 e. The molecule has 0 bridgehead atoms. The Balaban J connectivity index is 0.996. The fourth-order valence-corrected chi connectivity index (χ4v) is 14.6. The van der Waals surface area contributed by atoms with Gasteiger partial charge in [-0.15, -0.1) is 11.3 Å². The molecule has 0 aliphatic heterocycles. The number of hydrogen-bond donors (Lipinski definition) is 0. The van der Waals surface area contributed by atoms with Gasteiger partial charge in [-0.3, -0.25) is 0 Å². The summed E-state index contributed by atoms with van der Waals surface area (Å²) in [7, 11) is 0. The van der Waals surface area contributed by atoms with E-state index in [1.54, 1.807) is 0 Å². The minimum absolute atomic E-state index is 0.705. The molecule has 2 nitrogen and oxygen atoms in total. The van der Waals surface area contributed by atoms with E-state index in [1.807, 2.05) is 11.3 Å². The second kappa shape index (κ2) is 19.5. The summed E-state index contributed by atoms with van der Waals surface area (Å²) in [6.07, 6.45) is 0. The Morgan fingerprint density at radius 1 is 0.220 bits per heavy atom. The molecule has 384 valence electrons. The maximum atomic E-state index is 2.58. The predicted octanol–water partition coefficient (Wildman–Crippen LogP) is 22.0. The highest BCUT2D eigenvalue weighted by Crippen LogP contribution is 2.66. The SMILES string of the molecule is c1ccc(-c2ccc(-c3cc4c(cc3N(c3ccccc3)c3ccccc3)[C@@]3(c5ccccc5-4)c4ccccc4-c4cc(-c5ccc(-c6ccccc6)cc5)c(N(c5ccccc5)c5ccc6c(c5)sc5ccccc56)cc43)cc2)cc1. The molecule has 0 fully saturated rings. The minimum Gasteiger partial charge on any atom is -0.310 e. The summed E-state index contributed by atoms with van der Waals surface area (Å²) < 4.78 is 2.55. The van der Waals surface area contributed by atoms with Crippen LogP contribution in [0, 0.1) is 0 Å². The van der Waals surface area contributed by atoms with Crippen molar-refractivity contribution < 1.29 is 0 Å². The summed E-state index contributed by atoms with van der Waals surface area (Å²) in [5, 5.41) is 2.57. The Bertz CT molecular complexity index is 4660. The summed E-state index contributed by atoms with van der Waals surface area (Å²) in [6, 6.07) is 117. The average Bonchev–Trinajstić information content (AvgIpc) is 2.23. The molecule has 14 aromatic rings. The van der Waals surface area contributed by atoms with E-state index in [9.17, 15) is 0 Å². The fourth-order valence-electron chi connectivity index (χ4n) is 13.4.